The lowest BCUT2D eigenvalue weighted by molar-refractivity contribution is -0.130. The third kappa shape index (κ3) is 4.35. The summed E-state index contributed by atoms with van der Waals surface area (Å²) in [5, 5.41) is 0. The van der Waals surface area contributed by atoms with Gasteiger partial charge in [0.05, 0.1) is 6.04 Å². The minimum absolute atomic E-state index is 0.214. The van der Waals surface area contributed by atoms with Crippen LogP contribution in [0.1, 0.15) is 18.5 Å². The zero-order chi connectivity index (χ0) is 21.2. The standard InChI is InChI=1S/C26H34N4O/c1-21(31)30-19-23-18-28(20-25(23)26(30)22-8-4-2-5-9-22)13-12-27-14-16-29(17-15-27)24-10-6-3-7-11-24/h2-11,23,25-26H,12-20H2,1H3/t23-,25-,26-/m1/s1. The monoisotopic (exact) mass is 418 g/mol. The fourth-order valence-electron chi connectivity index (χ4n) is 5.87. The molecule has 5 heteroatoms. The summed E-state index contributed by atoms with van der Waals surface area (Å²) in [4.78, 5) is 22.2. The number of hydrogen-bond acceptors (Lipinski definition) is 4. The van der Waals surface area contributed by atoms with Crippen molar-refractivity contribution in [2.75, 3.05) is 63.8 Å². The predicted octanol–water partition coefficient (Wildman–Crippen LogP) is 2.96. The predicted molar refractivity (Wildman–Crippen MR) is 125 cm³/mol. The van der Waals surface area contributed by atoms with Crippen molar-refractivity contribution in [3.63, 3.8) is 0 Å². The quantitative estimate of drug-likeness (QED) is 0.747. The molecule has 3 heterocycles. The first-order valence-electron chi connectivity index (χ1n) is 11.8. The van der Waals surface area contributed by atoms with Gasteiger partial charge in [0.2, 0.25) is 5.91 Å². The van der Waals surface area contributed by atoms with Crippen molar-refractivity contribution in [2.24, 2.45) is 11.8 Å². The number of likely N-dealkylation sites (tertiary alicyclic amines) is 2. The number of nitrogens with zero attached hydrogens (tertiary/aromatic N) is 4. The molecule has 3 aliphatic heterocycles. The molecule has 0 aromatic heterocycles. The number of amides is 1. The molecule has 5 nitrogen and oxygen atoms in total. The molecule has 2 aromatic carbocycles. The topological polar surface area (TPSA) is 30.0 Å². The molecule has 5 rings (SSSR count). The summed E-state index contributed by atoms with van der Waals surface area (Å²) < 4.78 is 0. The molecule has 164 valence electrons. The van der Waals surface area contributed by atoms with E-state index in [1.165, 1.54) is 11.3 Å². The molecule has 0 radical (unpaired) electrons. The maximum Gasteiger partial charge on any atom is 0.219 e. The second kappa shape index (κ2) is 9.01. The molecule has 3 saturated heterocycles. The largest absolute Gasteiger partial charge is 0.369 e. The molecule has 3 atom stereocenters. The van der Waals surface area contributed by atoms with Crippen LogP contribution in [-0.2, 0) is 4.79 Å². The summed E-state index contributed by atoms with van der Waals surface area (Å²) in [6.07, 6.45) is 0. The Bertz CT molecular complexity index is 865. The van der Waals surface area contributed by atoms with Gasteiger partial charge in [-0.25, -0.2) is 0 Å². The van der Waals surface area contributed by atoms with Gasteiger partial charge in [-0.1, -0.05) is 48.5 Å². The second-order valence-electron chi connectivity index (χ2n) is 9.37. The van der Waals surface area contributed by atoms with Gasteiger partial charge in [0.15, 0.2) is 0 Å². The molecule has 0 unspecified atom stereocenters. The SMILES string of the molecule is CC(=O)N1C[C@H]2CN(CCN3CCN(c4ccccc4)CC3)C[C@H]2[C@H]1c1ccccc1. The Morgan fingerprint density at radius 2 is 1.45 bits per heavy atom. The van der Waals surface area contributed by atoms with Gasteiger partial charge in [0.1, 0.15) is 0 Å². The van der Waals surface area contributed by atoms with E-state index < -0.39 is 0 Å². The number of carbonyl (C=O) groups is 1. The maximum absolute atomic E-state index is 12.3. The lowest BCUT2D eigenvalue weighted by Gasteiger charge is -2.37. The number of piperazine rings is 1. The molecule has 3 aliphatic rings. The van der Waals surface area contributed by atoms with Crippen molar-refractivity contribution in [2.45, 2.75) is 13.0 Å². The van der Waals surface area contributed by atoms with Crippen molar-refractivity contribution in [1.82, 2.24) is 14.7 Å². The highest BCUT2D eigenvalue weighted by Crippen LogP contribution is 2.44. The second-order valence-corrected chi connectivity index (χ2v) is 9.37. The van der Waals surface area contributed by atoms with Crippen molar-refractivity contribution in [1.29, 1.82) is 0 Å². The Hall–Kier alpha value is -2.37. The number of para-hydroxylation sites is 1. The van der Waals surface area contributed by atoms with Gasteiger partial charge in [-0.2, -0.15) is 0 Å². The van der Waals surface area contributed by atoms with Crippen LogP contribution in [0.15, 0.2) is 60.7 Å². The lowest BCUT2D eigenvalue weighted by Crippen LogP contribution is -2.48. The Morgan fingerprint density at radius 3 is 2.13 bits per heavy atom. The molecule has 0 spiro atoms. The maximum atomic E-state index is 12.3. The number of hydrogen-bond donors (Lipinski definition) is 0. The molecule has 1 amide bonds. The zero-order valence-electron chi connectivity index (χ0n) is 18.6. The van der Waals surface area contributed by atoms with Gasteiger partial charge in [-0.05, 0) is 23.6 Å². The summed E-state index contributed by atoms with van der Waals surface area (Å²) in [6.45, 7) is 11.7. The summed E-state index contributed by atoms with van der Waals surface area (Å²) in [5.74, 6) is 1.37. The Kier molecular flexibility index (Phi) is 5.97. The first kappa shape index (κ1) is 20.5. The van der Waals surface area contributed by atoms with Crippen LogP contribution >= 0.6 is 0 Å². The fraction of sp³-hybridized carbons (Fsp3) is 0.500. The van der Waals surface area contributed by atoms with Crippen LogP contribution in [0.25, 0.3) is 0 Å². The third-order valence-electron chi connectivity index (χ3n) is 7.51. The van der Waals surface area contributed by atoms with E-state index in [0.29, 0.717) is 11.8 Å². The number of rotatable bonds is 5. The van der Waals surface area contributed by atoms with E-state index in [0.717, 1.165) is 58.9 Å². The first-order valence-corrected chi connectivity index (χ1v) is 11.8. The average Bonchev–Trinajstić information content (AvgIpc) is 3.37. The highest BCUT2D eigenvalue weighted by molar-refractivity contribution is 5.74. The van der Waals surface area contributed by atoms with Gasteiger partial charge < -0.3 is 14.7 Å². The van der Waals surface area contributed by atoms with Crippen LogP contribution in [0, 0.1) is 11.8 Å². The smallest absolute Gasteiger partial charge is 0.219 e. The summed E-state index contributed by atoms with van der Waals surface area (Å²) >= 11 is 0. The molecule has 0 saturated carbocycles. The minimum Gasteiger partial charge on any atom is -0.369 e. The molecule has 31 heavy (non-hydrogen) atoms. The molecule has 0 bridgehead atoms. The van der Waals surface area contributed by atoms with Crippen LogP contribution < -0.4 is 4.90 Å². The van der Waals surface area contributed by atoms with Crippen LogP contribution in [-0.4, -0.2) is 79.5 Å². The van der Waals surface area contributed by atoms with Gasteiger partial charge in [0.25, 0.3) is 0 Å². The lowest BCUT2D eigenvalue weighted by atomic mass is 9.89. The number of anilines is 1. The van der Waals surface area contributed by atoms with Crippen molar-refractivity contribution in [3.05, 3.63) is 66.2 Å². The van der Waals surface area contributed by atoms with E-state index in [-0.39, 0.29) is 11.9 Å². The molecule has 3 fully saturated rings. The van der Waals surface area contributed by atoms with Crippen molar-refractivity contribution in [3.8, 4) is 0 Å². The van der Waals surface area contributed by atoms with Crippen LogP contribution in [0.4, 0.5) is 5.69 Å². The van der Waals surface area contributed by atoms with Crippen molar-refractivity contribution >= 4 is 11.6 Å². The number of benzene rings is 2. The summed E-state index contributed by atoms with van der Waals surface area (Å²) in [6, 6.07) is 21.7. The molecular formula is C26H34N4O. The Morgan fingerprint density at radius 1 is 0.806 bits per heavy atom. The normalized spacial score (nSPS) is 26.9. The van der Waals surface area contributed by atoms with Gasteiger partial charge >= 0.3 is 0 Å². The zero-order valence-corrected chi connectivity index (χ0v) is 18.6. The minimum atomic E-state index is 0.214. The highest BCUT2D eigenvalue weighted by Gasteiger charge is 2.48. The van der Waals surface area contributed by atoms with Gasteiger partial charge in [0, 0.05) is 77.4 Å². The fourth-order valence-corrected chi connectivity index (χ4v) is 5.87. The van der Waals surface area contributed by atoms with E-state index in [9.17, 15) is 4.79 Å². The van der Waals surface area contributed by atoms with Crippen LogP contribution in [0.2, 0.25) is 0 Å². The van der Waals surface area contributed by atoms with E-state index in [1.54, 1.807) is 6.92 Å². The highest BCUT2D eigenvalue weighted by atomic mass is 16.2. The Labute approximate surface area is 186 Å². The van der Waals surface area contributed by atoms with E-state index in [4.69, 9.17) is 0 Å². The number of fused-ring (bicyclic) bond motifs is 1. The molecule has 0 aliphatic carbocycles. The Balaban J connectivity index is 1.14. The number of carbonyl (C=O) groups excluding carboxylic acids is 1. The first-order chi connectivity index (χ1) is 15.2. The molecular weight excluding hydrogens is 384 g/mol. The summed E-state index contributed by atoms with van der Waals surface area (Å²) in [5.41, 5.74) is 2.64. The molecule has 2 aromatic rings. The van der Waals surface area contributed by atoms with Gasteiger partial charge in [-0.3, -0.25) is 9.69 Å². The van der Waals surface area contributed by atoms with E-state index in [1.807, 2.05) is 0 Å². The van der Waals surface area contributed by atoms with Crippen LogP contribution in [0.3, 0.4) is 0 Å². The molecule has 0 N–H and O–H groups in total. The van der Waals surface area contributed by atoms with E-state index >= 15 is 0 Å². The average molecular weight is 419 g/mol. The van der Waals surface area contributed by atoms with Gasteiger partial charge in [-0.15, -0.1) is 0 Å². The van der Waals surface area contributed by atoms with E-state index in [2.05, 4.69) is 80.3 Å². The third-order valence-corrected chi connectivity index (χ3v) is 7.51. The van der Waals surface area contributed by atoms with Crippen LogP contribution in [0.5, 0.6) is 0 Å². The summed E-state index contributed by atoms with van der Waals surface area (Å²) in [7, 11) is 0. The van der Waals surface area contributed by atoms with Crippen molar-refractivity contribution < 1.29 is 4.79 Å².